The summed E-state index contributed by atoms with van der Waals surface area (Å²) in [4.78, 5) is 0. The van der Waals surface area contributed by atoms with Gasteiger partial charge in [0.15, 0.2) is 5.79 Å². The number of para-hydroxylation sites is 1. The highest BCUT2D eigenvalue weighted by Gasteiger charge is 2.35. The van der Waals surface area contributed by atoms with Crippen molar-refractivity contribution in [2.24, 2.45) is 0 Å². The van der Waals surface area contributed by atoms with Crippen molar-refractivity contribution < 1.29 is 14.2 Å². The summed E-state index contributed by atoms with van der Waals surface area (Å²) in [5, 5.41) is 0. The highest BCUT2D eigenvalue weighted by Crippen LogP contribution is 2.26. The van der Waals surface area contributed by atoms with Crippen LogP contribution in [0.25, 0.3) is 0 Å². The van der Waals surface area contributed by atoms with Crippen LogP contribution in [0.5, 0.6) is 5.75 Å². The van der Waals surface area contributed by atoms with Gasteiger partial charge in [-0.3, -0.25) is 0 Å². The first-order valence-corrected chi connectivity index (χ1v) is 5.71. The molecule has 0 aromatic heterocycles. The van der Waals surface area contributed by atoms with Crippen molar-refractivity contribution in [1.82, 2.24) is 0 Å². The van der Waals surface area contributed by atoms with E-state index < -0.39 is 5.79 Å². The van der Waals surface area contributed by atoms with E-state index in [-0.39, 0.29) is 6.10 Å². The molecule has 16 heavy (non-hydrogen) atoms. The zero-order valence-electron chi connectivity index (χ0n) is 9.81. The van der Waals surface area contributed by atoms with E-state index in [0.717, 1.165) is 12.2 Å². The fourth-order valence-electron chi connectivity index (χ4n) is 1.66. The van der Waals surface area contributed by atoms with E-state index in [2.05, 4.69) is 6.92 Å². The van der Waals surface area contributed by atoms with Gasteiger partial charge in [-0.05, 0) is 25.5 Å². The summed E-state index contributed by atoms with van der Waals surface area (Å²) in [5.41, 5.74) is 0. The number of hydrogen-bond donors (Lipinski definition) is 0. The Bertz CT molecular complexity index is 325. The van der Waals surface area contributed by atoms with Crippen LogP contribution in [0.1, 0.15) is 20.3 Å². The summed E-state index contributed by atoms with van der Waals surface area (Å²) >= 11 is 0. The van der Waals surface area contributed by atoms with Gasteiger partial charge in [0, 0.05) is 0 Å². The molecule has 0 spiro atoms. The molecule has 0 amide bonds. The number of ether oxygens (including phenoxy) is 3. The normalized spacial score (nSPS) is 29.2. The second-order valence-electron chi connectivity index (χ2n) is 4.16. The summed E-state index contributed by atoms with van der Waals surface area (Å²) in [7, 11) is 0. The lowest BCUT2D eigenvalue weighted by molar-refractivity contribution is -0.157. The molecule has 0 radical (unpaired) electrons. The average molecular weight is 222 g/mol. The first kappa shape index (κ1) is 11.4. The van der Waals surface area contributed by atoms with Gasteiger partial charge in [0.25, 0.3) is 0 Å². The third-order valence-electron chi connectivity index (χ3n) is 2.81. The molecule has 1 saturated heterocycles. The van der Waals surface area contributed by atoms with Crippen molar-refractivity contribution in [1.29, 1.82) is 0 Å². The lowest BCUT2D eigenvalue weighted by atomic mass is 10.2. The standard InChI is InChI=1S/C13H18O3/c1-3-13(2)15-10-12(16-13)9-14-11-7-5-4-6-8-11/h4-8,12H,3,9-10H2,1-2H3. The molecule has 1 heterocycles. The molecule has 1 aromatic carbocycles. The van der Waals surface area contributed by atoms with E-state index in [9.17, 15) is 0 Å². The fourth-order valence-corrected chi connectivity index (χ4v) is 1.66. The van der Waals surface area contributed by atoms with Gasteiger partial charge in [-0.15, -0.1) is 0 Å². The third-order valence-corrected chi connectivity index (χ3v) is 2.81. The fraction of sp³-hybridized carbons (Fsp3) is 0.538. The molecule has 3 heteroatoms. The van der Waals surface area contributed by atoms with E-state index in [0.29, 0.717) is 13.2 Å². The molecule has 0 bridgehead atoms. The molecule has 88 valence electrons. The van der Waals surface area contributed by atoms with Crippen LogP contribution in [0.2, 0.25) is 0 Å². The molecule has 3 nitrogen and oxygen atoms in total. The molecule has 0 saturated carbocycles. The predicted molar refractivity (Wildman–Crippen MR) is 61.5 cm³/mol. The highest BCUT2D eigenvalue weighted by atomic mass is 16.7. The van der Waals surface area contributed by atoms with Crippen LogP contribution in [0.15, 0.2) is 30.3 Å². The van der Waals surface area contributed by atoms with Gasteiger partial charge in [-0.1, -0.05) is 25.1 Å². The van der Waals surface area contributed by atoms with Crippen molar-refractivity contribution in [3.63, 3.8) is 0 Å². The van der Waals surface area contributed by atoms with Gasteiger partial charge >= 0.3 is 0 Å². The lowest BCUT2D eigenvalue weighted by Gasteiger charge is -2.21. The van der Waals surface area contributed by atoms with E-state index in [1.54, 1.807) is 0 Å². The largest absolute Gasteiger partial charge is 0.491 e. The Kier molecular flexibility index (Phi) is 3.46. The first-order chi connectivity index (χ1) is 7.72. The van der Waals surface area contributed by atoms with Gasteiger partial charge in [0.05, 0.1) is 6.61 Å². The second kappa shape index (κ2) is 4.85. The maximum Gasteiger partial charge on any atom is 0.166 e. The molecule has 1 aromatic rings. The van der Waals surface area contributed by atoms with E-state index >= 15 is 0 Å². The number of hydrogen-bond acceptors (Lipinski definition) is 3. The molecule has 0 N–H and O–H groups in total. The van der Waals surface area contributed by atoms with Gasteiger partial charge < -0.3 is 14.2 Å². The molecule has 1 aliphatic rings. The molecular formula is C13H18O3. The van der Waals surface area contributed by atoms with E-state index in [1.807, 2.05) is 37.3 Å². The van der Waals surface area contributed by atoms with Gasteiger partial charge in [-0.25, -0.2) is 0 Å². The Balaban J connectivity index is 1.80. The number of benzene rings is 1. The summed E-state index contributed by atoms with van der Waals surface area (Å²) < 4.78 is 17.0. The van der Waals surface area contributed by atoms with Crippen molar-refractivity contribution in [2.75, 3.05) is 13.2 Å². The zero-order valence-corrected chi connectivity index (χ0v) is 9.81. The third kappa shape index (κ3) is 2.74. The second-order valence-corrected chi connectivity index (χ2v) is 4.16. The van der Waals surface area contributed by atoms with Crippen molar-refractivity contribution >= 4 is 0 Å². The summed E-state index contributed by atoms with van der Waals surface area (Å²) in [5.74, 6) is 0.446. The topological polar surface area (TPSA) is 27.7 Å². The molecule has 2 unspecified atom stereocenters. The van der Waals surface area contributed by atoms with Crippen LogP contribution in [-0.2, 0) is 9.47 Å². The van der Waals surface area contributed by atoms with Crippen LogP contribution < -0.4 is 4.74 Å². The highest BCUT2D eigenvalue weighted by molar-refractivity contribution is 5.20. The SMILES string of the molecule is CCC1(C)OCC(COc2ccccc2)O1. The monoisotopic (exact) mass is 222 g/mol. The molecular weight excluding hydrogens is 204 g/mol. The van der Waals surface area contributed by atoms with Crippen LogP contribution in [0.3, 0.4) is 0 Å². The average Bonchev–Trinajstić information content (AvgIpc) is 2.71. The smallest absolute Gasteiger partial charge is 0.166 e. The maximum absolute atomic E-state index is 5.77. The van der Waals surface area contributed by atoms with E-state index in [1.165, 1.54) is 0 Å². The molecule has 0 aliphatic carbocycles. The predicted octanol–water partition coefficient (Wildman–Crippen LogP) is 2.61. The quantitative estimate of drug-likeness (QED) is 0.783. The van der Waals surface area contributed by atoms with Gasteiger partial charge in [-0.2, -0.15) is 0 Å². The van der Waals surface area contributed by atoms with Crippen LogP contribution in [0, 0.1) is 0 Å². The molecule has 2 atom stereocenters. The number of rotatable bonds is 4. The van der Waals surface area contributed by atoms with Crippen LogP contribution >= 0.6 is 0 Å². The molecule has 1 aliphatic heterocycles. The van der Waals surface area contributed by atoms with Crippen molar-refractivity contribution in [3.05, 3.63) is 30.3 Å². The Hall–Kier alpha value is -1.06. The minimum Gasteiger partial charge on any atom is -0.491 e. The Morgan fingerprint density at radius 2 is 2.12 bits per heavy atom. The minimum absolute atomic E-state index is 0.0326. The van der Waals surface area contributed by atoms with Gasteiger partial charge in [0.1, 0.15) is 18.5 Å². The van der Waals surface area contributed by atoms with Crippen LogP contribution in [-0.4, -0.2) is 25.1 Å². The molecule has 2 rings (SSSR count). The van der Waals surface area contributed by atoms with Crippen molar-refractivity contribution in [2.45, 2.75) is 32.2 Å². The Morgan fingerprint density at radius 1 is 1.38 bits per heavy atom. The van der Waals surface area contributed by atoms with Crippen LogP contribution in [0.4, 0.5) is 0 Å². The molecule has 1 fully saturated rings. The van der Waals surface area contributed by atoms with Crippen molar-refractivity contribution in [3.8, 4) is 5.75 Å². The Morgan fingerprint density at radius 3 is 2.75 bits per heavy atom. The zero-order chi connectivity index (χ0) is 11.4. The maximum atomic E-state index is 5.77. The first-order valence-electron chi connectivity index (χ1n) is 5.71. The minimum atomic E-state index is -0.426. The summed E-state index contributed by atoms with van der Waals surface area (Å²) in [6.07, 6.45) is 0.889. The van der Waals surface area contributed by atoms with E-state index in [4.69, 9.17) is 14.2 Å². The Labute approximate surface area is 96.3 Å². The lowest BCUT2D eigenvalue weighted by Crippen LogP contribution is -2.27. The van der Waals surface area contributed by atoms with Gasteiger partial charge in [0.2, 0.25) is 0 Å². The summed E-state index contributed by atoms with van der Waals surface area (Å²) in [6, 6.07) is 9.76. The summed E-state index contributed by atoms with van der Waals surface area (Å²) in [6.45, 7) is 5.17.